The van der Waals surface area contributed by atoms with E-state index in [-0.39, 0.29) is 0 Å². The second-order valence-corrected chi connectivity index (χ2v) is 11.9. The smallest absolute Gasteiger partial charge is 0.0181 e. The lowest BCUT2D eigenvalue weighted by molar-refractivity contribution is 1.60. The van der Waals surface area contributed by atoms with Crippen molar-refractivity contribution in [3.63, 3.8) is 0 Å². The van der Waals surface area contributed by atoms with Gasteiger partial charge in [-0.1, -0.05) is 141 Å². The quantitative estimate of drug-likeness (QED) is 0.168. The molecule has 0 unspecified atom stereocenters. The number of hydrogen-bond donors (Lipinski definition) is 0. The van der Waals surface area contributed by atoms with Gasteiger partial charge in [-0.2, -0.15) is 0 Å². The third kappa shape index (κ3) is 4.58. The first-order chi connectivity index (χ1) is 19.7. The molecular weight excluding hydrogens is 616 g/mol. The van der Waals surface area contributed by atoms with Gasteiger partial charge in [0.05, 0.1) is 0 Å². The van der Waals surface area contributed by atoms with Crippen molar-refractivity contribution in [1.82, 2.24) is 0 Å². The zero-order chi connectivity index (χ0) is 27.1. The zero-order valence-electron chi connectivity index (χ0n) is 21.6. The Hall–Kier alpha value is -3.98. The minimum Gasteiger partial charge on any atom is -0.0622 e. The van der Waals surface area contributed by atoms with E-state index in [2.05, 4.69) is 177 Å². The first-order valence-electron chi connectivity index (χ1n) is 13.3. The Kier molecular flexibility index (Phi) is 6.59. The fraction of sp³-hybridized carbons (Fsp3) is 0. The van der Waals surface area contributed by atoms with E-state index < -0.39 is 0 Å². The molecule has 0 aliphatic heterocycles. The van der Waals surface area contributed by atoms with E-state index in [9.17, 15) is 0 Å². The Bertz CT molecular complexity index is 1860. The van der Waals surface area contributed by atoms with E-state index in [1.54, 1.807) is 0 Å². The molecule has 0 bridgehead atoms. The van der Waals surface area contributed by atoms with Gasteiger partial charge in [0.15, 0.2) is 0 Å². The van der Waals surface area contributed by atoms with Gasteiger partial charge in [0.25, 0.3) is 0 Å². The molecule has 0 saturated carbocycles. The molecule has 0 aliphatic rings. The lowest BCUT2D eigenvalue weighted by Gasteiger charge is -2.19. The molecule has 0 radical (unpaired) electrons. The molecule has 0 aliphatic carbocycles. The highest BCUT2D eigenvalue weighted by molar-refractivity contribution is 9.10. The zero-order valence-corrected chi connectivity index (χ0v) is 24.8. The molecule has 0 heterocycles. The van der Waals surface area contributed by atoms with E-state index in [0.29, 0.717) is 0 Å². The SMILES string of the molecule is Brc1ccc2c(-c3cccc(-c4ccccc4)c3)c3cc(Br)ccc3c(-c3cccc(-c4ccccc4)c3)c2c1. The molecule has 40 heavy (non-hydrogen) atoms. The maximum Gasteiger partial charge on any atom is 0.0181 e. The van der Waals surface area contributed by atoms with Gasteiger partial charge in [-0.25, -0.2) is 0 Å². The number of rotatable bonds is 4. The highest BCUT2D eigenvalue weighted by Gasteiger charge is 2.18. The van der Waals surface area contributed by atoms with Crippen molar-refractivity contribution in [2.24, 2.45) is 0 Å². The summed E-state index contributed by atoms with van der Waals surface area (Å²) < 4.78 is 2.14. The Morgan fingerprint density at radius 2 is 0.650 bits per heavy atom. The largest absolute Gasteiger partial charge is 0.0622 e. The van der Waals surface area contributed by atoms with Crippen LogP contribution in [0.3, 0.4) is 0 Å². The predicted molar refractivity (Wildman–Crippen MR) is 179 cm³/mol. The monoisotopic (exact) mass is 638 g/mol. The minimum atomic E-state index is 1.07. The number of benzene rings is 7. The normalized spacial score (nSPS) is 11.2. The number of fused-ring (bicyclic) bond motifs is 2. The fourth-order valence-electron chi connectivity index (χ4n) is 5.76. The molecule has 190 valence electrons. The van der Waals surface area contributed by atoms with Gasteiger partial charge < -0.3 is 0 Å². The van der Waals surface area contributed by atoms with E-state index in [1.807, 2.05) is 0 Å². The maximum atomic E-state index is 3.78. The summed E-state index contributed by atoms with van der Waals surface area (Å²) in [6.45, 7) is 0. The molecule has 0 N–H and O–H groups in total. The van der Waals surface area contributed by atoms with Crippen molar-refractivity contribution in [1.29, 1.82) is 0 Å². The molecule has 0 fully saturated rings. The summed E-state index contributed by atoms with van der Waals surface area (Å²) in [4.78, 5) is 0. The Morgan fingerprint density at radius 3 is 1.07 bits per heavy atom. The number of halogens is 2. The van der Waals surface area contributed by atoms with Crippen molar-refractivity contribution in [3.8, 4) is 44.5 Å². The topological polar surface area (TPSA) is 0 Å². The van der Waals surface area contributed by atoms with Gasteiger partial charge >= 0.3 is 0 Å². The van der Waals surface area contributed by atoms with Crippen LogP contribution in [0.5, 0.6) is 0 Å². The predicted octanol–water partition coefficient (Wildman–Crippen LogP) is 12.2. The molecule has 2 heteroatoms. The molecule has 0 atom stereocenters. The summed E-state index contributed by atoms with van der Waals surface area (Å²) in [5.74, 6) is 0. The lowest BCUT2D eigenvalue weighted by Crippen LogP contribution is -1.92. The van der Waals surface area contributed by atoms with Crippen molar-refractivity contribution in [2.45, 2.75) is 0 Å². The van der Waals surface area contributed by atoms with Crippen LogP contribution in [0.2, 0.25) is 0 Å². The summed E-state index contributed by atoms with van der Waals surface area (Å²) >= 11 is 7.56. The molecule has 7 rings (SSSR count). The van der Waals surface area contributed by atoms with Crippen LogP contribution in [0.1, 0.15) is 0 Å². The van der Waals surface area contributed by atoms with E-state index in [1.165, 1.54) is 66.1 Å². The summed E-state index contributed by atoms with van der Waals surface area (Å²) in [7, 11) is 0. The second-order valence-electron chi connectivity index (χ2n) is 10.0. The average Bonchev–Trinajstić information content (AvgIpc) is 3.01. The molecule has 0 aromatic heterocycles. The summed E-state index contributed by atoms with van der Waals surface area (Å²) in [5, 5.41) is 4.93. The van der Waals surface area contributed by atoms with Crippen LogP contribution in [0.4, 0.5) is 0 Å². The first kappa shape index (κ1) is 25.0. The highest BCUT2D eigenvalue weighted by atomic mass is 79.9. The van der Waals surface area contributed by atoms with Crippen LogP contribution in [-0.4, -0.2) is 0 Å². The summed E-state index contributed by atoms with van der Waals surface area (Å²) in [6, 6.07) is 52.4. The van der Waals surface area contributed by atoms with Gasteiger partial charge in [0.1, 0.15) is 0 Å². The number of hydrogen-bond acceptors (Lipinski definition) is 0. The molecule has 0 amide bonds. The maximum absolute atomic E-state index is 3.78. The summed E-state index contributed by atoms with van der Waals surface area (Å²) in [6.07, 6.45) is 0. The van der Waals surface area contributed by atoms with Gasteiger partial charge in [-0.05, 0) is 102 Å². The van der Waals surface area contributed by atoms with Gasteiger partial charge in [-0.3, -0.25) is 0 Å². The molecule has 0 saturated heterocycles. The van der Waals surface area contributed by atoms with Crippen molar-refractivity contribution >= 4 is 53.4 Å². The molecule has 7 aromatic rings. The minimum absolute atomic E-state index is 1.07. The van der Waals surface area contributed by atoms with E-state index >= 15 is 0 Å². The standard InChI is InChI=1S/C38H24Br2/c39-31-18-20-34-35(23-31)37(29-15-7-13-27(21-29)25-9-3-1-4-10-25)33-19-17-32(40)24-36(33)38(34)30-16-8-14-28(22-30)26-11-5-2-6-12-26/h1-24H. The molecular formula is C38H24Br2. The van der Waals surface area contributed by atoms with E-state index in [0.717, 1.165) is 8.95 Å². The van der Waals surface area contributed by atoms with Gasteiger partial charge in [0.2, 0.25) is 0 Å². The van der Waals surface area contributed by atoms with Crippen molar-refractivity contribution < 1.29 is 0 Å². The lowest BCUT2D eigenvalue weighted by atomic mass is 9.85. The van der Waals surface area contributed by atoms with Crippen molar-refractivity contribution in [2.75, 3.05) is 0 Å². The van der Waals surface area contributed by atoms with Crippen LogP contribution in [0.15, 0.2) is 155 Å². The van der Waals surface area contributed by atoms with E-state index in [4.69, 9.17) is 0 Å². The van der Waals surface area contributed by atoms with Crippen LogP contribution in [0, 0.1) is 0 Å². The Morgan fingerprint density at radius 1 is 0.275 bits per heavy atom. The third-order valence-electron chi connectivity index (χ3n) is 7.56. The van der Waals surface area contributed by atoms with Crippen molar-refractivity contribution in [3.05, 3.63) is 155 Å². The van der Waals surface area contributed by atoms with Crippen LogP contribution >= 0.6 is 31.9 Å². The summed E-state index contributed by atoms with van der Waals surface area (Å²) in [5.41, 5.74) is 9.78. The second kappa shape index (κ2) is 10.5. The molecule has 0 spiro atoms. The first-order valence-corrected chi connectivity index (χ1v) is 14.9. The average molecular weight is 640 g/mol. The van der Waals surface area contributed by atoms with Gasteiger partial charge in [-0.15, -0.1) is 0 Å². The Balaban J connectivity index is 1.55. The van der Waals surface area contributed by atoms with Crippen LogP contribution in [0.25, 0.3) is 66.1 Å². The Labute approximate surface area is 251 Å². The van der Waals surface area contributed by atoms with Gasteiger partial charge in [0, 0.05) is 8.95 Å². The van der Waals surface area contributed by atoms with Crippen LogP contribution < -0.4 is 0 Å². The third-order valence-corrected chi connectivity index (χ3v) is 8.54. The fourth-order valence-corrected chi connectivity index (χ4v) is 6.49. The molecule has 7 aromatic carbocycles. The highest BCUT2D eigenvalue weighted by Crippen LogP contribution is 2.46. The van der Waals surface area contributed by atoms with Crippen LogP contribution in [-0.2, 0) is 0 Å². The molecule has 0 nitrogen and oxygen atoms in total.